The van der Waals surface area contributed by atoms with Gasteiger partial charge in [0.1, 0.15) is 17.6 Å². The average Bonchev–Trinajstić information content (AvgIpc) is 2.57. The number of rotatable bonds is 2. The second-order valence-corrected chi connectivity index (χ2v) is 3.68. The number of hydrogen-bond donors (Lipinski definition) is 2. The molecule has 0 bridgehead atoms. The van der Waals surface area contributed by atoms with Crippen LogP contribution in [0, 0.1) is 0 Å². The third kappa shape index (κ3) is 1.69. The van der Waals surface area contributed by atoms with Gasteiger partial charge in [-0.05, 0) is 12.1 Å². The number of benzene rings is 1. The zero-order valence-electron chi connectivity index (χ0n) is 8.53. The van der Waals surface area contributed by atoms with Crippen molar-refractivity contribution in [1.29, 1.82) is 0 Å². The number of nitrogens with one attached hydrogen (secondary N) is 1. The number of aliphatic imine (C=N–C) groups is 1. The molecular weight excluding hydrogens is 230 g/mol. The Morgan fingerprint density at radius 3 is 2.88 bits per heavy atom. The van der Waals surface area contributed by atoms with Crippen LogP contribution in [0.25, 0.3) is 0 Å². The van der Waals surface area contributed by atoms with Gasteiger partial charge in [0, 0.05) is 5.56 Å². The monoisotopic (exact) mass is 239 g/mol. The van der Waals surface area contributed by atoms with Crippen molar-refractivity contribution in [1.82, 2.24) is 5.32 Å². The first-order valence-corrected chi connectivity index (χ1v) is 4.98. The van der Waals surface area contributed by atoms with Crippen LogP contribution >= 0.6 is 11.6 Å². The number of amidine groups is 1. The van der Waals surface area contributed by atoms with Crippen LogP contribution in [0.15, 0.2) is 23.2 Å². The number of amides is 2. The van der Waals surface area contributed by atoms with Crippen LogP contribution in [-0.4, -0.2) is 19.0 Å². The Labute approximate surface area is 97.2 Å². The van der Waals surface area contributed by atoms with Crippen LogP contribution in [0.5, 0.6) is 5.75 Å². The molecule has 1 aliphatic rings. The van der Waals surface area contributed by atoms with Gasteiger partial charge in [0.15, 0.2) is 0 Å². The van der Waals surface area contributed by atoms with Gasteiger partial charge >= 0.3 is 6.03 Å². The van der Waals surface area contributed by atoms with Gasteiger partial charge in [0.25, 0.3) is 0 Å². The van der Waals surface area contributed by atoms with Crippen molar-refractivity contribution in [3.05, 3.63) is 28.8 Å². The minimum atomic E-state index is -0.517. The molecule has 6 heteroatoms. The predicted molar refractivity (Wildman–Crippen MR) is 60.9 cm³/mol. The predicted octanol–water partition coefficient (Wildman–Crippen LogP) is 1.47. The van der Waals surface area contributed by atoms with Gasteiger partial charge in [-0.1, -0.05) is 17.7 Å². The molecule has 0 saturated heterocycles. The third-order valence-electron chi connectivity index (χ3n) is 2.32. The summed E-state index contributed by atoms with van der Waals surface area (Å²) >= 11 is 6.06. The van der Waals surface area contributed by atoms with E-state index in [2.05, 4.69) is 10.3 Å². The van der Waals surface area contributed by atoms with Crippen molar-refractivity contribution in [2.24, 2.45) is 10.7 Å². The highest BCUT2D eigenvalue weighted by atomic mass is 35.5. The second-order valence-electron chi connectivity index (χ2n) is 3.27. The summed E-state index contributed by atoms with van der Waals surface area (Å²) in [5.41, 5.74) is 6.27. The van der Waals surface area contributed by atoms with Gasteiger partial charge in [-0.15, -0.1) is 0 Å². The Morgan fingerprint density at radius 2 is 2.31 bits per heavy atom. The smallest absolute Gasteiger partial charge is 0.343 e. The maximum Gasteiger partial charge on any atom is 0.343 e. The van der Waals surface area contributed by atoms with E-state index >= 15 is 0 Å². The summed E-state index contributed by atoms with van der Waals surface area (Å²) in [6, 6.07) is 4.23. The van der Waals surface area contributed by atoms with Crippen LogP contribution in [0.4, 0.5) is 4.79 Å². The van der Waals surface area contributed by atoms with E-state index in [0.717, 1.165) is 0 Å². The molecule has 1 aromatic carbocycles. The van der Waals surface area contributed by atoms with Crippen molar-refractivity contribution in [3.63, 3.8) is 0 Å². The van der Waals surface area contributed by atoms with Crippen LogP contribution in [0.2, 0.25) is 5.02 Å². The summed E-state index contributed by atoms with van der Waals surface area (Å²) < 4.78 is 5.18. The molecule has 0 aromatic heterocycles. The molecule has 1 atom stereocenters. The summed E-state index contributed by atoms with van der Waals surface area (Å²) in [5.74, 6) is 0.759. The zero-order chi connectivity index (χ0) is 11.7. The molecule has 2 amide bonds. The number of methoxy groups -OCH3 is 1. The molecule has 1 unspecified atom stereocenters. The molecule has 3 N–H and O–H groups in total. The van der Waals surface area contributed by atoms with Gasteiger partial charge < -0.3 is 15.8 Å². The highest BCUT2D eigenvalue weighted by Gasteiger charge is 2.29. The molecule has 5 nitrogen and oxygen atoms in total. The molecule has 84 valence electrons. The molecule has 0 aliphatic carbocycles. The average molecular weight is 240 g/mol. The van der Waals surface area contributed by atoms with E-state index in [0.29, 0.717) is 16.3 Å². The maximum atomic E-state index is 11.1. The van der Waals surface area contributed by atoms with E-state index < -0.39 is 12.1 Å². The molecule has 1 aliphatic heterocycles. The number of nitrogens with zero attached hydrogens (tertiary/aromatic N) is 1. The van der Waals surface area contributed by atoms with Crippen molar-refractivity contribution >= 4 is 23.5 Å². The van der Waals surface area contributed by atoms with E-state index in [4.69, 9.17) is 22.1 Å². The Morgan fingerprint density at radius 1 is 1.56 bits per heavy atom. The van der Waals surface area contributed by atoms with Crippen LogP contribution in [0.1, 0.15) is 11.6 Å². The molecule has 1 heterocycles. The summed E-state index contributed by atoms with van der Waals surface area (Å²) in [6.45, 7) is 0. The second kappa shape index (κ2) is 4.02. The summed E-state index contributed by atoms with van der Waals surface area (Å²) in [5, 5.41) is 3.08. The first kappa shape index (κ1) is 10.8. The van der Waals surface area contributed by atoms with Gasteiger partial charge in [-0.2, -0.15) is 4.99 Å². The van der Waals surface area contributed by atoms with Crippen LogP contribution in [0.3, 0.4) is 0 Å². The standard InChI is InChI=1S/C10H10ClN3O2/c1-16-6-4-2-3-5(11)7(6)8-9(12)14-10(15)13-8/h2-4,8H,1H3,(H3,12,13,14,15). The maximum absolute atomic E-state index is 11.1. The summed E-state index contributed by atoms with van der Waals surface area (Å²) in [7, 11) is 1.53. The highest BCUT2D eigenvalue weighted by Crippen LogP contribution is 2.33. The first-order valence-electron chi connectivity index (χ1n) is 4.60. The molecule has 2 rings (SSSR count). The molecule has 0 spiro atoms. The Hall–Kier alpha value is -1.75. The first-order chi connectivity index (χ1) is 7.63. The van der Waals surface area contributed by atoms with Crippen molar-refractivity contribution in [2.75, 3.05) is 7.11 Å². The largest absolute Gasteiger partial charge is 0.496 e. The van der Waals surface area contributed by atoms with Crippen molar-refractivity contribution in [2.45, 2.75) is 6.04 Å². The fraction of sp³-hybridized carbons (Fsp3) is 0.200. The Bertz CT molecular complexity index is 473. The van der Waals surface area contributed by atoms with E-state index in [1.807, 2.05) is 0 Å². The molecule has 16 heavy (non-hydrogen) atoms. The Balaban J connectivity index is 2.48. The van der Waals surface area contributed by atoms with Crippen molar-refractivity contribution < 1.29 is 9.53 Å². The fourth-order valence-electron chi connectivity index (χ4n) is 1.61. The molecule has 1 aromatic rings. The number of urea groups is 1. The number of carbonyl (C=O) groups is 1. The SMILES string of the molecule is COc1cccc(Cl)c1C1NC(=O)N=C1N. The molecule has 0 fully saturated rings. The lowest BCUT2D eigenvalue weighted by molar-refractivity contribution is 0.250. The van der Waals surface area contributed by atoms with E-state index in [9.17, 15) is 4.79 Å². The van der Waals surface area contributed by atoms with Crippen LogP contribution in [-0.2, 0) is 0 Å². The molecular formula is C10H10ClN3O2. The quantitative estimate of drug-likeness (QED) is 0.821. The van der Waals surface area contributed by atoms with Gasteiger partial charge in [0.2, 0.25) is 0 Å². The normalized spacial score (nSPS) is 19.2. The minimum Gasteiger partial charge on any atom is -0.496 e. The highest BCUT2D eigenvalue weighted by molar-refractivity contribution is 6.32. The molecule has 0 radical (unpaired) electrons. The lowest BCUT2D eigenvalue weighted by Crippen LogP contribution is -2.28. The number of nitrogens with two attached hydrogens (primary N) is 1. The topological polar surface area (TPSA) is 76.7 Å². The number of halogens is 1. The van der Waals surface area contributed by atoms with Crippen molar-refractivity contribution in [3.8, 4) is 5.75 Å². The number of ether oxygens (including phenoxy) is 1. The fourth-order valence-corrected chi connectivity index (χ4v) is 1.88. The number of carbonyl (C=O) groups excluding carboxylic acids is 1. The van der Waals surface area contributed by atoms with Gasteiger partial charge in [0.05, 0.1) is 12.1 Å². The summed E-state index contributed by atoms with van der Waals surface area (Å²) in [4.78, 5) is 14.7. The lowest BCUT2D eigenvalue weighted by Gasteiger charge is -2.16. The zero-order valence-corrected chi connectivity index (χ0v) is 9.28. The minimum absolute atomic E-state index is 0.191. The van der Waals surface area contributed by atoms with Crippen LogP contribution < -0.4 is 15.8 Å². The van der Waals surface area contributed by atoms with E-state index in [1.54, 1.807) is 18.2 Å². The summed E-state index contributed by atoms with van der Waals surface area (Å²) in [6.07, 6.45) is 0. The number of hydrogen-bond acceptors (Lipinski definition) is 3. The Kier molecular flexibility index (Phi) is 2.70. The third-order valence-corrected chi connectivity index (χ3v) is 2.65. The molecule has 0 saturated carbocycles. The van der Waals surface area contributed by atoms with E-state index in [-0.39, 0.29) is 5.84 Å². The van der Waals surface area contributed by atoms with Gasteiger partial charge in [-0.3, -0.25) is 0 Å². The lowest BCUT2D eigenvalue weighted by atomic mass is 10.1. The van der Waals surface area contributed by atoms with Gasteiger partial charge in [-0.25, -0.2) is 4.79 Å². The van der Waals surface area contributed by atoms with E-state index in [1.165, 1.54) is 7.11 Å².